The van der Waals surface area contributed by atoms with Crippen molar-refractivity contribution in [2.75, 3.05) is 20.2 Å². The van der Waals surface area contributed by atoms with E-state index in [0.29, 0.717) is 5.56 Å². The summed E-state index contributed by atoms with van der Waals surface area (Å²) >= 11 is 0. The Morgan fingerprint density at radius 1 is 1.53 bits per heavy atom. The zero-order chi connectivity index (χ0) is 12.3. The van der Waals surface area contributed by atoms with E-state index >= 15 is 0 Å². The number of ether oxygens (including phenoxy) is 1. The van der Waals surface area contributed by atoms with Crippen LogP contribution in [0.5, 0.6) is 5.75 Å². The molecule has 0 aromatic heterocycles. The average molecular weight is 234 g/mol. The fourth-order valence-corrected chi connectivity index (χ4v) is 2.01. The molecule has 0 spiro atoms. The Balaban J connectivity index is 2.07. The summed E-state index contributed by atoms with van der Waals surface area (Å²) in [5.74, 6) is 0.721. The first-order valence-corrected chi connectivity index (χ1v) is 5.87. The first-order chi connectivity index (χ1) is 8.20. The Hall–Kier alpha value is -1.55. The van der Waals surface area contributed by atoms with Crippen molar-refractivity contribution < 1.29 is 9.53 Å². The van der Waals surface area contributed by atoms with E-state index in [1.807, 2.05) is 19.1 Å². The molecule has 0 saturated carbocycles. The third-order valence-electron chi connectivity index (χ3n) is 3.07. The number of amides is 1. The van der Waals surface area contributed by atoms with Gasteiger partial charge in [0.1, 0.15) is 5.75 Å². The average Bonchev–Trinajstić information content (AvgIpc) is 2.82. The first kappa shape index (κ1) is 11.9. The molecule has 0 bridgehead atoms. The third-order valence-corrected chi connectivity index (χ3v) is 3.07. The largest absolute Gasteiger partial charge is 0.496 e. The van der Waals surface area contributed by atoms with Crippen LogP contribution < -0.4 is 15.4 Å². The van der Waals surface area contributed by atoms with Crippen LogP contribution in [0.15, 0.2) is 18.2 Å². The molecule has 1 amide bonds. The zero-order valence-corrected chi connectivity index (χ0v) is 10.2. The fraction of sp³-hybridized carbons (Fsp3) is 0.462. The third kappa shape index (κ3) is 2.77. The number of hydrogen-bond acceptors (Lipinski definition) is 3. The van der Waals surface area contributed by atoms with Gasteiger partial charge in [-0.25, -0.2) is 0 Å². The van der Waals surface area contributed by atoms with E-state index in [9.17, 15) is 4.79 Å². The van der Waals surface area contributed by atoms with Gasteiger partial charge in [-0.05, 0) is 37.6 Å². The second-order valence-electron chi connectivity index (χ2n) is 4.35. The summed E-state index contributed by atoms with van der Waals surface area (Å²) in [5, 5.41) is 6.23. The van der Waals surface area contributed by atoms with Crippen LogP contribution in [0.4, 0.5) is 0 Å². The van der Waals surface area contributed by atoms with Crippen molar-refractivity contribution in [1.29, 1.82) is 0 Å². The van der Waals surface area contributed by atoms with Crippen molar-refractivity contribution >= 4 is 5.91 Å². The first-order valence-electron chi connectivity index (χ1n) is 5.87. The smallest absolute Gasteiger partial charge is 0.251 e. The van der Waals surface area contributed by atoms with Gasteiger partial charge >= 0.3 is 0 Å². The van der Waals surface area contributed by atoms with Crippen LogP contribution in [0.2, 0.25) is 0 Å². The summed E-state index contributed by atoms with van der Waals surface area (Å²) in [5.41, 5.74) is 1.69. The van der Waals surface area contributed by atoms with Gasteiger partial charge in [0.05, 0.1) is 7.11 Å². The summed E-state index contributed by atoms with van der Waals surface area (Å²) in [6.07, 6.45) is 0.995. The monoisotopic (exact) mass is 234 g/mol. The number of carbonyl (C=O) groups is 1. The van der Waals surface area contributed by atoms with Crippen LogP contribution in [-0.4, -0.2) is 32.1 Å². The highest BCUT2D eigenvalue weighted by molar-refractivity contribution is 5.94. The molecule has 2 N–H and O–H groups in total. The summed E-state index contributed by atoms with van der Waals surface area (Å²) in [6.45, 7) is 3.79. The molecule has 1 aliphatic heterocycles. The maximum atomic E-state index is 12.0. The number of carbonyl (C=O) groups excluding carboxylic acids is 1. The molecule has 1 fully saturated rings. The van der Waals surface area contributed by atoms with Crippen molar-refractivity contribution in [2.45, 2.75) is 19.4 Å². The molecule has 1 atom stereocenters. The molecule has 2 rings (SSSR count). The maximum Gasteiger partial charge on any atom is 0.251 e. The highest BCUT2D eigenvalue weighted by atomic mass is 16.5. The van der Waals surface area contributed by atoms with E-state index in [0.717, 1.165) is 30.8 Å². The lowest BCUT2D eigenvalue weighted by Crippen LogP contribution is -2.36. The normalized spacial score (nSPS) is 19.1. The van der Waals surface area contributed by atoms with Crippen LogP contribution >= 0.6 is 0 Å². The lowest BCUT2D eigenvalue weighted by molar-refractivity contribution is 0.0939. The van der Waals surface area contributed by atoms with Crippen molar-refractivity contribution in [3.05, 3.63) is 29.3 Å². The number of nitrogens with one attached hydrogen (secondary N) is 2. The predicted molar refractivity (Wildman–Crippen MR) is 66.5 cm³/mol. The van der Waals surface area contributed by atoms with E-state index in [4.69, 9.17) is 4.74 Å². The van der Waals surface area contributed by atoms with Gasteiger partial charge in [-0.3, -0.25) is 4.79 Å². The number of aryl methyl sites for hydroxylation is 1. The van der Waals surface area contributed by atoms with E-state index < -0.39 is 0 Å². The fourth-order valence-electron chi connectivity index (χ4n) is 2.01. The van der Waals surface area contributed by atoms with Crippen molar-refractivity contribution in [2.24, 2.45) is 0 Å². The van der Waals surface area contributed by atoms with E-state index in [1.165, 1.54) is 0 Å². The summed E-state index contributed by atoms with van der Waals surface area (Å²) in [6, 6.07) is 5.76. The van der Waals surface area contributed by atoms with Gasteiger partial charge in [0.2, 0.25) is 0 Å². The molecule has 1 aromatic rings. The summed E-state index contributed by atoms with van der Waals surface area (Å²) in [7, 11) is 1.62. The molecule has 1 heterocycles. The maximum absolute atomic E-state index is 12.0. The van der Waals surface area contributed by atoms with Crippen molar-refractivity contribution in [1.82, 2.24) is 10.6 Å². The molecule has 1 aromatic carbocycles. The molecular weight excluding hydrogens is 216 g/mol. The lowest BCUT2D eigenvalue weighted by Gasteiger charge is -2.12. The number of benzene rings is 1. The summed E-state index contributed by atoms with van der Waals surface area (Å²) in [4.78, 5) is 12.0. The van der Waals surface area contributed by atoms with E-state index in [1.54, 1.807) is 13.2 Å². The molecule has 4 heteroatoms. The molecule has 17 heavy (non-hydrogen) atoms. The molecule has 1 aliphatic rings. The van der Waals surface area contributed by atoms with Gasteiger partial charge in [0.25, 0.3) is 5.91 Å². The minimum atomic E-state index is -0.0306. The minimum Gasteiger partial charge on any atom is -0.496 e. The SMILES string of the molecule is COc1cc(C(=O)NC2CCNC2)ccc1C. The van der Waals surface area contributed by atoms with Gasteiger partial charge in [0, 0.05) is 18.2 Å². The quantitative estimate of drug-likeness (QED) is 0.823. The van der Waals surface area contributed by atoms with Crippen LogP contribution in [0, 0.1) is 6.92 Å². The second-order valence-corrected chi connectivity index (χ2v) is 4.35. The molecule has 0 radical (unpaired) electrons. The van der Waals surface area contributed by atoms with Crippen LogP contribution in [0.1, 0.15) is 22.3 Å². The highest BCUT2D eigenvalue weighted by Crippen LogP contribution is 2.19. The van der Waals surface area contributed by atoms with Crippen LogP contribution in [-0.2, 0) is 0 Å². The topological polar surface area (TPSA) is 50.4 Å². The van der Waals surface area contributed by atoms with Crippen LogP contribution in [0.25, 0.3) is 0 Å². The standard InChI is InChI=1S/C13H18N2O2/c1-9-3-4-10(7-12(9)17-2)13(16)15-11-5-6-14-8-11/h3-4,7,11,14H,5-6,8H2,1-2H3,(H,15,16). The van der Waals surface area contributed by atoms with Gasteiger partial charge in [-0.15, -0.1) is 0 Å². The Bertz CT molecular complexity index is 412. The van der Waals surface area contributed by atoms with Gasteiger partial charge in [0.15, 0.2) is 0 Å². The summed E-state index contributed by atoms with van der Waals surface area (Å²) < 4.78 is 5.21. The Morgan fingerprint density at radius 3 is 3.00 bits per heavy atom. The Morgan fingerprint density at radius 2 is 2.35 bits per heavy atom. The van der Waals surface area contributed by atoms with E-state index in [2.05, 4.69) is 10.6 Å². The Labute approximate surface area is 101 Å². The molecule has 4 nitrogen and oxygen atoms in total. The predicted octanol–water partition coefficient (Wildman–Crippen LogP) is 1.10. The zero-order valence-electron chi connectivity index (χ0n) is 10.2. The number of hydrogen-bond donors (Lipinski definition) is 2. The van der Waals surface area contributed by atoms with E-state index in [-0.39, 0.29) is 11.9 Å². The van der Waals surface area contributed by atoms with Gasteiger partial charge < -0.3 is 15.4 Å². The Kier molecular flexibility index (Phi) is 3.64. The molecule has 0 aliphatic carbocycles. The molecular formula is C13H18N2O2. The minimum absolute atomic E-state index is 0.0306. The molecule has 92 valence electrons. The van der Waals surface area contributed by atoms with Crippen molar-refractivity contribution in [3.63, 3.8) is 0 Å². The molecule has 1 unspecified atom stereocenters. The number of rotatable bonds is 3. The second kappa shape index (κ2) is 5.19. The van der Waals surface area contributed by atoms with Crippen LogP contribution in [0.3, 0.4) is 0 Å². The van der Waals surface area contributed by atoms with Gasteiger partial charge in [-0.1, -0.05) is 6.07 Å². The highest BCUT2D eigenvalue weighted by Gasteiger charge is 2.17. The van der Waals surface area contributed by atoms with Gasteiger partial charge in [-0.2, -0.15) is 0 Å². The van der Waals surface area contributed by atoms with Crippen molar-refractivity contribution in [3.8, 4) is 5.75 Å². The number of methoxy groups -OCH3 is 1. The molecule has 1 saturated heterocycles. The lowest BCUT2D eigenvalue weighted by atomic mass is 10.1.